The van der Waals surface area contributed by atoms with Crippen molar-refractivity contribution < 1.29 is 4.79 Å². The molecule has 1 aromatic carbocycles. The summed E-state index contributed by atoms with van der Waals surface area (Å²) in [4.78, 5) is 22.1. The van der Waals surface area contributed by atoms with Gasteiger partial charge in [0.2, 0.25) is 5.91 Å². The lowest BCUT2D eigenvalue weighted by atomic mass is 10.1. The summed E-state index contributed by atoms with van der Waals surface area (Å²) in [6, 6.07) is 9.03. The molecule has 1 fully saturated rings. The second-order valence-electron chi connectivity index (χ2n) is 5.32. The van der Waals surface area contributed by atoms with E-state index in [4.69, 9.17) is 16.9 Å². The summed E-state index contributed by atoms with van der Waals surface area (Å²) >= 11 is 5.99. The zero-order valence-electron chi connectivity index (χ0n) is 12.2. The van der Waals surface area contributed by atoms with Crippen molar-refractivity contribution in [2.75, 3.05) is 18.4 Å². The van der Waals surface area contributed by atoms with Crippen LogP contribution in [0.1, 0.15) is 6.42 Å². The van der Waals surface area contributed by atoms with E-state index in [1.54, 1.807) is 23.1 Å². The Morgan fingerprint density at radius 2 is 2.26 bits per heavy atom. The first-order chi connectivity index (χ1) is 11.2. The summed E-state index contributed by atoms with van der Waals surface area (Å²) in [5.74, 6) is 0.119. The van der Waals surface area contributed by atoms with Gasteiger partial charge in [-0.2, -0.15) is 5.26 Å². The van der Waals surface area contributed by atoms with Gasteiger partial charge in [0.25, 0.3) is 0 Å². The number of amides is 1. The molecule has 1 aliphatic rings. The number of nitrogens with one attached hydrogen (secondary N) is 1. The predicted molar refractivity (Wildman–Crippen MR) is 86.4 cm³/mol. The lowest BCUT2D eigenvalue weighted by Gasteiger charge is -2.10. The highest BCUT2D eigenvalue weighted by Gasteiger charge is 2.28. The van der Waals surface area contributed by atoms with E-state index in [0.29, 0.717) is 36.0 Å². The Hall–Kier alpha value is -2.65. The standard InChI is InChI=1S/C16H14ClN5O/c17-13-3-1-2-11(6-13)14-7-15(20-10-19-14)21-16(23)12-4-5-22(8-12)9-18/h1-3,6-7,10,12H,4-5,8H2,(H,19,20,21,23)/t12-/m0/s1. The van der Waals surface area contributed by atoms with Crippen LogP contribution in [0.15, 0.2) is 36.7 Å². The number of nitriles is 1. The monoisotopic (exact) mass is 327 g/mol. The molecule has 0 bridgehead atoms. The number of hydrogen-bond acceptors (Lipinski definition) is 5. The first-order valence-electron chi connectivity index (χ1n) is 7.19. The summed E-state index contributed by atoms with van der Waals surface area (Å²) < 4.78 is 0. The molecule has 0 aliphatic carbocycles. The molecule has 0 radical (unpaired) electrons. The molecule has 1 aromatic heterocycles. The maximum atomic E-state index is 12.2. The Kier molecular flexibility index (Phi) is 4.40. The molecule has 1 N–H and O–H groups in total. The molecule has 0 unspecified atom stereocenters. The summed E-state index contributed by atoms with van der Waals surface area (Å²) in [5, 5.41) is 12.3. The van der Waals surface area contributed by atoms with Crippen molar-refractivity contribution in [3.05, 3.63) is 41.7 Å². The van der Waals surface area contributed by atoms with Crippen LogP contribution < -0.4 is 5.32 Å². The average molecular weight is 328 g/mol. The van der Waals surface area contributed by atoms with Gasteiger partial charge in [-0.3, -0.25) is 4.79 Å². The van der Waals surface area contributed by atoms with E-state index in [-0.39, 0.29) is 11.8 Å². The van der Waals surface area contributed by atoms with Crippen molar-refractivity contribution in [2.24, 2.45) is 5.92 Å². The van der Waals surface area contributed by atoms with Crippen LogP contribution in [0.4, 0.5) is 5.82 Å². The molecule has 1 atom stereocenters. The van der Waals surface area contributed by atoms with E-state index >= 15 is 0 Å². The zero-order valence-corrected chi connectivity index (χ0v) is 13.0. The van der Waals surface area contributed by atoms with Crippen molar-refractivity contribution in [3.8, 4) is 17.5 Å². The third-order valence-electron chi connectivity index (χ3n) is 3.74. The van der Waals surface area contributed by atoms with Crippen LogP contribution in [-0.2, 0) is 4.79 Å². The molecule has 6 nitrogen and oxygen atoms in total. The molecule has 0 saturated carbocycles. The summed E-state index contributed by atoms with van der Waals surface area (Å²) in [6.45, 7) is 1.07. The third kappa shape index (κ3) is 3.58. The number of aromatic nitrogens is 2. The summed E-state index contributed by atoms with van der Waals surface area (Å²) in [5.41, 5.74) is 1.54. The lowest BCUT2D eigenvalue weighted by molar-refractivity contribution is -0.119. The Labute approximate surface area is 138 Å². The van der Waals surface area contributed by atoms with Crippen LogP contribution in [0, 0.1) is 17.4 Å². The highest BCUT2D eigenvalue weighted by Crippen LogP contribution is 2.23. The van der Waals surface area contributed by atoms with E-state index < -0.39 is 0 Å². The minimum absolute atomic E-state index is 0.126. The van der Waals surface area contributed by atoms with Crippen molar-refractivity contribution >= 4 is 23.3 Å². The Morgan fingerprint density at radius 1 is 1.39 bits per heavy atom. The maximum Gasteiger partial charge on any atom is 0.230 e. The van der Waals surface area contributed by atoms with E-state index in [0.717, 1.165) is 5.56 Å². The van der Waals surface area contributed by atoms with Crippen LogP contribution in [-0.4, -0.2) is 33.9 Å². The predicted octanol–water partition coefficient (Wildman–Crippen LogP) is 2.54. The molecule has 7 heteroatoms. The molecule has 0 spiro atoms. The topological polar surface area (TPSA) is 81.9 Å². The van der Waals surface area contributed by atoms with Gasteiger partial charge >= 0.3 is 0 Å². The number of carbonyl (C=O) groups is 1. The van der Waals surface area contributed by atoms with Crippen molar-refractivity contribution in [1.29, 1.82) is 5.26 Å². The highest BCUT2D eigenvalue weighted by atomic mass is 35.5. The summed E-state index contributed by atoms with van der Waals surface area (Å²) in [6.07, 6.45) is 4.14. The fourth-order valence-electron chi connectivity index (χ4n) is 2.52. The molecule has 2 heterocycles. The van der Waals surface area contributed by atoms with Crippen LogP contribution >= 0.6 is 11.6 Å². The smallest absolute Gasteiger partial charge is 0.230 e. The van der Waals surface area contributed by atoms with Crippen molar-refractivity contribution in [3.63, 3.8) is 0 Å². The molecule has 3 rings (SSSR count). The number of nitrogens with zero attached hydrogens (tertiary/aromatic N) is 4. The van der Waals surface area contributed by atoms with Gasteiger partial charge in [0.15, 0.2) is 6.19 Å². The summed E-state index contributed by atoms with van der Waals surface area (Å²) in [7, 11) is 0. The quantitative estimate of drug-likeness (QED) is 0.876. The van der Waals surface area contributed by atoms with Crippen molar-refractivity contribution in [1.82, 2.24) is 14.9 Å². The zero-order chi connectivity index (χ0) is 16.2. The molecule has 116 valence electrons. The molecule has 1 saturated heterocycles. The van der Waals surface area contributed by atoms with Crippen LogP contribution in [0.25, 0.3) is 11.3 Å². The molecule has 23 heavy (non-hydrogen) atoms. The van der Waals surface area contributed by atoms with Crippen LogP contribution in [0.2, 0.25) is 5.02 Å². The number of carbonyl (C=O) groups excluding carboxylic acids is 1. The lowest BCUT2D eigenvalue weighted by Crippen LogP contribution is -2.25. The fourth-order valence-corrected chi connectivity index (χ4v) is 2.72. The minimum atomic E-state index is -0.195. The SMILES string of the molecule is N#CN1CC[C@H](C(=O)Nc2cc(-c3cccc(Cl)c3)ncn2)C1. The van der Waals surface area contributed by atoms with Gasteiger partial charge in [-0.15, -0.1) is 0 Å². The fraction of sp³-hybridized carbons (Fsp3) is 0.250. The molecule has 2 aromatic rings. The number of likely N-dealkylation sites (tertiary alicyclic amines) is 1. The van der Waals surface area contributed by atoms with E-state index in [1.165, 1.54) is 6.33 Å². The van der Waals surface area contributed by atoms with Crippen LogP contribution in [0.5, 0.6) is 0 Å². The number of benzene rings is 1. The Morgan fingerprint density at radius 3 is 3.00 bits per heavy atom. The largest absolute Gasteiger partial charge is 0.310 e. The van der Waals surface area contributed by atoms with Gasteiger partial charge in [-0.05, 0) is 18.6 Å². The number of rotatable bonds is 3. The first kappa shape index (κ1) is 15.3. The van der Waals surface area contributed by atoms with E-state index in [1.807, 2.05) is 12.1 Å². The van der Waals surface area contributed by atoms with E-state index in [9.17, 15) is 4.79 Å². The Balaban J connectivity index is 1.73. The molecular formula is C16H14ClN5O. The molecule has 1 aliphatic heterocycles. The number of anilines is 1. The average Bonchev–Trinajstić information content (AvgIpc) is 3.04. The van der Waals surface area contributed by atoms with Gasteiger partial charge in [0.1, 0.15) is 12.1 Å². The maximum absolute atomic E-state index is 12.2. The third-order valence-corrected chi connectivity index (χ3v) is 3.97. The van der Waals surface area contributed by atoms with Gasteiger partial charge in [0.05, 0.1) is 11.6 Å². The van der Waals surface area contributed by atoms with Crippen LogP contribution in [0.3, 0.4) is 0 Å². The second-order valence-corrected chi connectivity index (χ2v) is 5.76. The first-order valence-corrected chi connectivity index (χ1v) is 7.57. The van der Waals surface area contributed by atoms with Crippen molar-refractivity contribution in [2.45, 2.75) is 6.42 Å². The van der Waals surface area contributed by atoms with E-state index in [2.05, 4.69) is 21.5 Å². The van der Waals surface area contributed by atoms with Gasteiger partial charge in [0, 0.05) is 29.7 Å². The number of hydrogen-bond donors (Lipinski definition) is 1. The highest BCUT2D eigenvalue weighted by molar-refractivity contribution is 6.30. The second kappa shape index (κ2) is 6.63. The minimum Gasteiger partial charge on any atom is -0.310 e. The van der Waals surface area contributed by atoms with Gasteiger partial charge in [-0.1, -0.05) is 23.7 Å². The number of halogens is 1. The molecular weight excluding hydrogens is 314 g/mol. The molecule has 1 amide bonds. The normalized spacial score (nSPS) is 16.9. The van der Waals surface area contributed by atoms with Gasteiger partial charge < -0.3 is 10.2 Å². The Bertz CT molecular complexity index is 773. The van der Waals surface area contributed by atoms with Gasteiger partial charge in [-0.25, -0.2) is 9.97 Å².